The van der Waals surface area contributed by atoms with E-state index in [1.807, 2.05) is 30.3 Å². The van der Waals surface area contributed by atoms with Gasteiger partial charge in [0.25, 0.3) is 5.91 Å². The number of nitrogens with zero attached hydrogens (tertiary/aromatic N) is 1. The van der Waals surface area contributed by atoms with Crippen LogP contribution in [-0.2, 0) is 11.2 Å². The zero-order chi connectivity index (χ0) is 14.3. The maximum absolute atomic E-state index is 11.8. The quantitative estimate of drug-likeness (QED) is 0.667. The molecular weight excluding hydrogens is 248 g/mol. The van der Waals surface area contributed by atoms with E-state index in [4.69, 9.17) is 10.8 Å². The topological polar surface area (TPSA) is 104 Å². The van der Waals surface area contributed by atoms with Gasteiger partial charge in [-0.15, -0.1) is 0 Å². The van der Waals surface area contributed by atoms with Crippen molar-refractivity contribution < 1.29 is 19.8 Å². The molecule has 6 nitrogen and oxygen atoms in total. The summed E-state index contributed by atoms with van der Waals surface area (Å²) in [6, 6.07) is 8.41. The number of aliphatic hydroxyl groups is 2. The molecule has 0 saturated heterocycles. The number of carbonyl (C=O) groups excluding carboxylic acids is 2. The molecule has 1 rings (SSSR count). The summed E-state index contributed by atoms with van der Waals surface area (Å²) in [5.74, 6) is -0.780. The van der Waals surface area contributed by atoms with Crippen LogP contribution < -0.4 is 5.73 Å². The molecule has 6 heteroatoms. The van der Waals surface area contributed by atoms with Crippen LogP contribution in [0, 0.1) is 0 Å². The minimum atomic E-state index is -1.31. The number of rotatable bonds is 6. The first-order chi connectivity index (χ1) is 9.06. The zero-order valence-corrected chi connectivity index (χ0v) is 10.5. The summed E-state index contributed by atoms with van der Waals surface area (Å²) in [4.78, 5) is 23.4. The maximum Gasteiger partial charge on any atom is 0.321 e. The Labute approximate surface area is 111 Å². The van der Waals surface area contributed by atoms with Gasteiger partial charge in [-0.25, -0.2) is 4.79 Å². The number of amides is 3. The number of primary amides is 1. The summed E-state index contributed by atoms with van der Waals surface area (Å²) < 4.78 is 0. The maximum atomic E-state index is 11.8. The Bertz CT molecular complexity index is 422. The van der Waals surface area contributed by atoms with E-state index < -0.39 is 18.0 Å². The molecular formula is C13H18N2O4. The SMILES string of the molecule is NC(=O)N(CCO)C(=O)[C@@H](O)CCc1ccccc1. The molecule has 4 N–H and O–H groups in total. The number of carbonyl (C=O) groups is 2. The second kappa shape index (κ2) is 7.50. The molecule has 0 unspecified atom stereocenters. The minimum absolute atomic E-state index is 0.193. The van der Waals surface area contributed by atoms with Gasteiger partial charge in [0.05, 0.1) is 13.2 Å². The lowest BCUT2D eigenvalue weighted by atomic mass is 10.1. The van der Waals surface area contributed by atoms with Crippen molar-refractivity contribution in [1.82, 2.24) is 4.90 Å². The van der Waals surface area contributed by atoms with E-state index in [0.717, 1.165) is 5.56 Å². The van der Waals surface area contributed by atoms with E-state index in [9.17, 15) is 14.7 Å². The predicted octanol–water partition coefficient (Wildman–Crippen LogP) is -0.120. The Morgan fingerprint density at radius 1 is 1.26 bits per heavy atom. The number of imide groups is 1. The standard InChI is InChI=1S/C13H18N2O4/c14-13(19)15(8-9-16)12(18)11(17)7-6-10-4-2-1-3-5-10/h1-5,11,16-17H,6-9H2,(H2,14,19)/t11-/m0/s1. The van der Waals surface area contributed by atoms with Crippen molar-refractivity contribution in [2.45, 2.75) is 18.9 Å². The van der Waals surface area contributed by atoms with Crippen LogP contribution in [0.15, 0.2) is 30.3 Å². The van der Waals surface area contributed by atoms with Gasteiger partial charge in [0, 0.05) is 0 Å². The summed E-state index contributed by atoms with van der Waals surface area (Å²) in [7, 11) is 0. The van der Waals surface area contributed by atoms with Crippen molar-refractivity contribution in [1.29, 1.82) is 0 Å². The Hall–Kier alpha value is -1.92. The third-order valence-corrected chi connectivity index (χ3v) is 2.69. The van der Waals surface area contributed by atoms with Crippen molar-refractivity contribution in [3.63, 3.8) is 0 Å². The average molecular weight is 266 g/mol. The van der Waals surface area contributed by atoms with Crippen molar-refractivity contribution >= 4 is 11.9 Å². The first-order valence-corrected chi connectivity index (χ1v) is 6.00. The van der Waals surface area contributed by atoms with Gasteiger partial charge >= 0.3 is 6.03 Å². The molecule has 0 saturated carbocycles. The van der Waals surface area contributed by atoms with Gasteiger partial charge in [0.2, 0.25) is 0 Å². The van der Waals surface area contributed by atoms with Crippen LogP contribution in [0.25, 0.3) is 0 Å². The third-order valence-electron chi connectivity index (χ3n) is 2.69. The Kier molecular flexibility index (Phi) is 5.98. The minimum Gasteiger partial charge on any atom is -0.395 e. The smallest absolute Gasteiger partial charge is 0.321 e. The van der Waals surface area contributed by atoms with Crippen molar-refractivity contribution in [3.05, 3.63) is 35.9 Å². The normalized spacial score (nSPS) is 11.9. The summed E-state index contributed by atoms with van der Waals surface area (Å²) in [6.07, 6.45) is -0.600. The number of hydrogen-bond acceptors (Lipinski definition) is 4. The van der Waals surface area contributed by atoms with E-state index in [0.29, 0.717) is 11.3 Å². The molecule has 0 aromatic heterocycles. The average Bonchev–Trinajstić information content (AvgIpc) is 2.42. The number of aliphatic hydroxyl groups excluding tert-OH is 2. The Morgan fingerprint density at radius 2 is 1.89 bits per heavy atom. The molecule has 0 radical (unpaired) electrons. The largest absolute Gasteiger partial charge is 0.395 e. The molecule has 1 aromatic carbocycles. The summed E-state index contributed by atoms with van der Waals surface area (Å²) in [6.45, 7) is -0.601. The van der Waals surface area contributed by atoms with Gasteiger partial charge in [-0.1, -0.05) is 30.3 Å². The molecule has 0 aliphatic carbocycles. The van der Waals surface area contributed by atoms with Crippen LogP contribution in [0.4, 0.5) is 4.79 Å². The number of aryl methyl sites for hydroxylation is 1. The van der Waals surface area contributed by atoms with E-state index in [1.165, 1.54) is 0 Å². The molecule has 1 atom stereocenters. The third kappa shape index (κ3) is 4.69. The lowest BCUT2D eigenvalue weighted by molar-refractivity contribution is -0.137. The number of nitrogens with two attached hydrogens (primary N) is 1. The Morgan fingerprint density at radius 3 is 2.42 bits per heavy atom. The highest BCUT2D eigenvalue weighted by molar-refractivity contribution is 5.95. The summed E-state index contributed by atoms with van der Waals surface area (Å²) >= 11 is 0. The molecule has 3 amide bonds. The van der Waals surface area contributed by atoms with E-state index in [2.05, 4.69) is 0 Å². The highest BCUT2D eigenvalue weighted by Gasteiger charge is 2.25. The van der Waals surface area contributed by atoms with Gasteiger partial charge in [0.1, 0.15) is 6.10 Å². The van der Waals surface area contributed by atoms with E-state index >= 15 is 0 Å². The first-order valence-electron chi connectivity index (χ1n) is 6.00. The van der Waals surface area contributed by atoms with Crippen LogP contribution in [-0.4, -0.2) is 46.3 Å². The highest BCUT2D eigenvalue weighted by atomic mass is 16.3. The van der Waals surface area contributed by atoms with E-state index in [1.54, 1.807) is 0 Å². The van der Waals surface area contributed by atoms with Crippen molar-refractivity contribution in [3.8, 4) is 0 Å². The zero-order valence-electron chi connectivity index (χ0n) is 10.5. The second-order valence-electron chi connectivity index (χ2n) is 4.09. The fourth-order valence-corrected chi connectivity index (χ4v) is 1.68. The molecule has 0 aliphatic heterocycles. The highest BCUT2D eigenvalue weighted by Crippen LogP contribution is 2.07. The molecule has 0 aliphatic rings. The van der Waals surface area contributed by atoms with Crippen LogP contribution in [0.1, 0.15) is 12.0 Å². The predicted molar refractivity (Wildman–Crippen MR) is 69.2 cm³/mol. The molecule has 1 aromatic rings. The lowest BCUT2D eigenvalue weighted by Gasteiger charge is -2.20. The number of hydrogen-bond donors (Lipinski definition) is 3. The monoisotopic (exact) mass is 266 g/mol. The van der Waals surface area contributed by atoms with Crippen LogP contribution >= 0.6 is 0 Å². The molecule has 0 bridgehead atoms. The fourth-order valence-electron chi connectivity index (χ4n) is 1.68. The van der Waals surface area contributed by atoms with Gasteiger partial charge in [-0.2, -0.15) is 0 Å². The molecule has 104 valence electrons. The molecule has 19 heavy (non-hydrogen) atoms. The van der Waals surface area contributed by atoms with Crippen LogP contribution in [0.2, 0.25) is 0 Å². The number of urea groups is 1. The van der Waals surface area contributed by atoms with Crippen molar-refractivity contribution in [2.24, 2.45) is 5.73 Å². The van der Waals surface area contributed by atoms with Crippen LogP contribution in [0.3, 0.4) is 0 Å². The van der Waals surface area contributed by atoms with Gasteiger partial charge in [-0.3, -0.25) is 9.69 Å². The Balaban J connectivity index is 2.54. The summed E-state index contributed by atoms with van der Waals surface area (Å²) in [5.41, 5.74) is 6.00. The lowest BCUT2D eigenvalue weighted by Crippen LogP contribution is -2.47. The first kappa shape index (κ1) is 15.1. The van der Waals surface area contributed by atoms with Crippen LogP contribution in [0.5, 0.6) is 0 Å². The van der Waals surface area contributed by atoms with Crippen molar-refractivity contribution in [2.75, 3.05) is 13.2 Å². The summed E-state index contributed by atoms with van der Waals surface area (Å²) in [5, 5.41) is 18.5. The molecule has 0 fully saturated rings. The van der Waals surface area contributed by atoms with E-state index in [-0.39, 0.29) is 19.6 Å². The molecule has 0 spiro atoms. The number of benzene rings is 1. The second-order valence-corrected chi connectivity index (χ2v) is 4.09. The molecule has 0 heterocycles. The van der Waals surface area contributed by atoms with Gasteiger partial charge < -0.3 is 15.9 Å². The van der Waals surface area contributed by atoms with Gasteiger partial charge in [0.15, 0.2) is 0 Å². The van der Waals surface area contributed by atoms with Gasteiger partial charge in [-0.05, 0) is 18.4 Å². The fraction of sp³-hybridized carbons (Fsp3) is 0.385.